The maximum Gasteiger partial charge on any atom is 0.331 e. The molecule has 0 radical (unpaired) electrons. The lowest BCUT2D eigenvalue weighted by molar-refractivity contribution is -0.377. The van der Waals surface area contributed by atoms with Crippen LogP contribution < -0.4 is 0 Å². The van der Waals surface area contributed by atoms with E-state index in [2.05, 4.69) is 47.6 Å². The van der Waals surface area contributed by atoms with Crippen LogP contribution in [0.5, 0.6) is 0 Å². The van der Waals surface area contributed by atoms with E-state index in [1.54, 1.807) is 6.08 Å². The van der Waals surface area contributed by atoms with Gasteiger partial charge in [0.2, 0.25) is 0 Å². The summed E-state index contributed by atoms with van der Waals surface area (Å²) < 4.78 is 42.1. The average Bonchev–Trinajstić information content (AvgIpc) is 4.08. The number of aliphatic hydroxyl groups excluding tert-OH is 8. The smallest absolute Gasteiger partial charge is 0.331 e. The summed E-state index contributed by atoms with van der Waals surface area (Å²) in [7, 11) is 0. The van der Waals surface area contributed by atoms with Crippen molar-refractivity contribution in [1.29, 1.82) is 0 Å². The monoisotopic (exact) mass is 1030 g/mol. The highest BCUT2D eigenvalue weighted by Gasteiger charge is 2.79. The summed E-state index contributed by atoms with van der Waals surface area (Å²) in [5.74, 6) is -0.819. The Morgan fingerprint density at radius 2 is 1.42 bits per heavy atom. The van der Waals surface area contributed by atoms with Gasteiger partial charge in [0.05, 0.1) is 31.3 Å². The predicted octanol–water partition coefficient (Wildman–Crippen LogP) is 2.83. The number of esters is 1. The average molecular weight is 1030 g/mol. The first kappa shape index (κ1) is 53.5. The second kappa shape index (κ2) is 19.2. The van der Waals surface area contributed by atoms with Crippen LogP contribution in [0.4, 0.5) is 0 Å². The molecule has 9 aliphatic rings. The molecule has 23 atom stereocenters. The van der Waals surface area contributed by atoms with E-state index in [1.807, 2.05) is 30.3 Å². The third-order valence-electron chi connectivity index (χ3n) is 20.5. The SMILES string of the molecule is CC1(C)C[C@H]2C3=CC[C@@H]4[C@@]5(C)CC[C@H](O[C@@H]6O[C@H](CO)[C@@H](O)[C@H](O)[C@H]6O[C@@H]6OC[C@@H](O[C@@H]7OC[C@@H](O)[C@H](O)[C@H]7O)[C@H](O)[C@H]6O)C(C)(C)[C@@H]5CC[C@@]4(C)[C@@]34C[C@H]4C[C@@]2(C(=O)O)C[C@@H]1OC(=O)/C=C/c1ccccc1. The van der Waals surface area contributed by atoms with Crippen LogP contribution in [0.25, 0.3) is 6.08 Å². The molecule has 3 heterocycles. The highest BCUT2D eigenvalue weighted by molar-refractivity contribution is 5.87. The Morgan fingerprint density at radius 3 is 2.14 bits per heavy atom. The molecule has 3 saturated heterocycles. The normalized spacial score (nSPS) is 49.7. The van der Waals surface area contributed by atoms with Gasteiger partial charge in [-0.15, -0.1) is 0 Å². The van der Waals surface area contributed by atoms with Gasteiger partial charge in [0.1, 0.15) is 67.1 Å². The van der Waals surface area contributed by atoms with E-state index in [-0.39, 0.29) is 53.6 Å². The molecule has 10 rings (SSSR count). The van der Waals surface area contributed by atoms with Gasteiger partial charge in [-0.1, -0.05) is 83.5 Å². The van der Waals surface area contributed by atoms with Crippen LogP contribution in [0.15, 0.2) is 48.1 Å². The van der Waals surface area contributed by atoms with Crippen molar-refractivity contribution in [1.82, 2.24) is 0 Å². The first-order chi connectivity index (χ1) is 34.4. The maximum absolute atomic E-state index is 13.8. The van der Waals surface area contributed by atoms with E-state index in [1.165, 1.54) is 11.6 Å². The van der Waals surface area contributed by atoms with Gasteiger partial charge >= 0.3 is 11.9 Å². The van der Waals surface area contributed by atoms with E-state index in [0.29, 0.717) is 25.2 Å². The van der Waals surface area contributed by atoms with Gasteiger partial charge in [-0.05, 0) is 103 Å². The molecule has 1 spiro atoms. The lowest BCUT2D eigenvalue weighted by Gasteiger charge is -2.69. The molecule has 9 N–H and O–H groups in total. The van der Waals surface area contributed by atoms with Crippen molar-refractivity contribution >= 4 is 18.0 Å². The van der Waals surface area contributed by atoms with Gasteiger partial charge in [0.15, 0.2) is 18.9 Å². The summed E-state index contributed by atoms with van der Waals surface area (Å²) in [6.07, 6.45) is -8.64. The van der Waals surface area contributed by atoms with E-state index >= 15 is 0 Å². The number of ether oxygens (including phenoxy) is 7. The zero-order chi connectivity index (χ0) is 52.4. The molecule has 5 saturated carbocycles. The summed E-state index contributed by atoms with van der Waals surface area (Å²) in [6, 6.07) is 9.52. The number of carboxylic acid groups (broad SMARTS) is 1. The fourth-order valence-electron chi connectivity index (χ4n) is 16.5. The number of rotatable bonds is 11. The zero-order valence-corrected chi connectivity index (χ0v) is 42.8. The third kappa shape index (κ3) is 8.60. The Balaban J connectivity index is 0.847. The van der Waals surface area contributed by atoms with E-state index < -0.39 is 127 Å². The molecule has 406 valence electrons. The van der Waals surface area contributed by atoms with Crippen molar-refractivity contribution in [3.63, 3.8) is 0 Å². The molecule has 1 aromatic rings. The van der Waals surface area contributed by atoms with Crippen LogP contribution in [0, 0.1) is 56.2 Å². The second-order valence-corrected chi connectivity index (χ2v) is 25.0. The molecule has 0 aromatic heterocycles. The first-order valence-corrected chi connectivity index (χ1v) is 26.5. The van der Waals surface area contributed by atoms with Gasteiger partial charge in [-0.25, -0.2) is 4.79 Å². The van der Waals surface area contributed by atoms with E-state index in [9.17, 15) is 55.5 Å². The Morgan fingerprint density at radius 1 is 0.726 bits per heavy atom. The number of aliphatic carboxylic acids is 1. The topological polar surface area (TPSA) is 281 Å². The summed E-state index contributed by atoms with van der Waals surface area (Å²) in [6.45, 7) is 12.1. The molecule has 0 unspecified atom stereocenters. The summed E-state index contributed by atoms with van der Waals surface area (Å²) >= 11 is 0. The van der Waals surface area contributed by atoms with E-state index in [4.69, 9.17) is 33.2 Å². The van der Waals surface area contributed by atoms with Crippen molar-refractivity contribution in [2.75, 3.05) is 19.8 Å². The van der Waals surface area contributed by atoms with Crippen molar-refractivity contribution in [2.24, 2.45) is 56.2 Å². The molecule has 0 bridgehead atoms. The van der Waals surface area contributed by atoms with Crippen molar-refractivity contribution in [3.05, 3.63) is 53.6 Å². The quantitative estimate of drug-likeness (QED) is 0.0667. The van der Waals surface area contributed by atoms with Gasteiger partial charge in [0.25, 0.3) is 0 Å². The number of hydrogen-bond donors (Lipinski definition) is 9. The lowest BCUT2D eigenvalue weighted by atomic mass is 9.36. The molecule has 18 nitrogen and oxygen atoms in total. The number of carboxylic acids is 1. The van der Waals surface area contributed by atoms with Gasteiger partial charge in [0, 0.05) is 23.3 Å². The Bertz CT molecular complexity index is 2270. The molecular weight excluding hydrogens is 949 g/mol. The van der Waals surface area contributed by atoms with Crippen LogP contribution in [0.3, 0.4) is 0 Å². The molecule has 1 aromatic carbocycles. The number of allylic oxidation sites excluding steroid dienone is 2. The Kier molecular flexibility index (Phi) is 14.1. The number of fused-ring (bicyclic) bond motifs is 5. The summed E-state index contributed by atoms with van der Waals surface area (Å²) in [5.41, 5.74) is -0.168. The molecule has 8 fully saturated rings. The van der Waals surface area contributed by atoms with Crippen molar-refractivity contribution < 1.29 is 88.7 Å². The predicted molar refractivity (Wildman–Crippen MR) is 257 cm³/mol. The Labute approximate surface area is 426 Å². The zero-order valence-electron chi connectivity index (χ0n) is 42.8. The fraction of sp³-hybridized carbons (Fsp3) is 0.782. The van der Waals surface area contributed by atoms with Crippen LogP contribution in [0.2, 0.25) is 0 Å². The number of aliphatic hydroxyl groups is 8. The van der Waals surface area contributed by atoms with E-state index in [0.717, 1.165) is 37.7 Å². The van der Waals surface area contributed by atoms with Gasteiger partial charge in [-0.3, -0.25) is 4.79 Å². The minimum Gasteiger partial charge on any atom is -0.481 e. The highest BCUT2D eigenvalue weighted by atomic mass is 16.8. The minimum absolute atomic E-state index is 0.0977. The molecule has 73 heavy (non-hydrogen) atoms. The maximum atomic E-state index is 13.8. The largest absolute Gasteiger partial charge is 0.481 e. The number of carbonyl (C=O) groups is 2. The first-order valence-electron chi connectivity index (χ1n) is 26.5. The lowest BCUT2D eigenvalue weighted by Crippen LogP contribution is -2.66. The van der Waals surface area contributed by atoms with Crippen LogP contribution in [0.1, 0.15) is 105 Å². The molecule has 6 aliphatic carbocycles. The number of hydrogen-bond acceptors (Lipinski definition) is 17. The van der Waals surface area contributed by atoms with Crippen LogP contribution in [-0.2, 0) is 42.7 Å². The van der Waals surface area contributed by atoms with Crippen LogP contribution in [-0.4, -0.2) is 170 Å². The fourth-order valence-corrected chi connectivity index (χ4v) is 16.5. The van der Waals surface area contributed by atoms with Crippen molar-refractivity contribution in [2.45, 2.75) is 191 Å². The van der Waals surface area contributed by atoms with Crippen molar-refractivity contribution in [3.8, 4) is 0 Å². The molecule has 3 aliphatic heterocycles. The summed E-state index contributed by atoms with van der Waals surface area (Å²) in [4.78, 5) is 27.1. The Hall–Kier alpha value is -2.92. The summed E-state index contributed by atoms with van der Waals surface area (Å²) in [5, 5.41) is 96.8. The third-order valence-corrected chi connectivity index (χ3v) is 20.5. The standard InChI is InChI=1S/C55H78O18/c1-50(2)22-30-29-13-14-35-52(5)18-17-36(72-48-45(42(62)40(60)32(24-56)69-48)73-47-44(64)41(61)33(26-68-47)70-46-43(63)39(59)31(57)25-67-46)51(3,4)34(52)16-19-53(35,6)55(29)21-28(55)20-54(30,49(65)66)23-37(50)71-38(58)15-12-27-10-8-7-9-11-27/h7-13,15,28,30-37,39-48,56-57,59-64H,14,16-26H2,1-6H3,(H,65,66)/b15-12+/t28-,30+,31-,32-,33-,34+,35-,36+,37+,39+,40-,41+,42+,43-,44-,45-,46+,47+,48+,52+,53-,54-,55-/m1/s1. The number of benzene rings is 1. The minimum atomic E-state index is -1.78. The molecular formula is C55H78O18. The number of carbonyl (C=O) groups excluding carboxylic acids is 1. The molecule has 0 amide bonds. The van der Waals surface area contributed by atoms with Crippen LogP contribution >= 0.6 is 0 Å². The molecule has 18 heteroatoms. The van der Waals surface area contributed by atoms with Gasteiger partial charge in [-0.2, -0.15) is 0 Å². The second-order valence-electron chi connectivity index (χ2n) is 25.0. The van der Waals surface area contributed by atoms with Gasteiger partial charge < -0.3 is 79.1 Å². The highest BCUT2D eigenvalue weighted by Crippen LogP contribution is 2.85.